The zero-order valence-corrected chi connectivity index (χ0v) is 12.3. The Morgan fingerprint density at radius 1 is 1.62 bits per heavy atom. The van der Waals surface area contributed by atoms with Gasteiger partial charge >= 0.3 is 5.97 Å². The fourth-order valence-corrected chi connectivity index (χ4v) is 4.43. The van der Waals surface area contributed by atoms with Gasteiger partial charge in [0.1, 0.15) is 11.5 Å². The van der Waals surface area contributed by atoms with Gasteiger partial charge in [0, 0.05) is 4.88 Å². The first-order chi connectivity index (χ1) is 10.1. The molecule has 3 aliphatic heterocycles. The van der Waals surface area contributed by atoms with Gasteiger partial charge in [0.05, 0.1) is 32.2 Å². The fraction of sp³-hybridized carbons (Fsp3) is 0.467. The summed E-state index contributed by atoms with van der Waals surface area (Å²) in [6.45, 7) is 1.08. The molecule has 4 atom stereocenters. The second-order valence-electron chi connectivity index (χ2n) is 5.70. The highest BCUT2D eigenvalue weighted by Crippen LogP contribution is 2.52. The highest BCUT2D eigenvalue weighted by atomic mass is 32.1. The quantitative estimate of drug-likeness (QED) is 0.622. The fourth-order valence-electron chi connectivity index (χ4n) is 3.71. The molecule has 0 unspecified atom stereocenters. The van der Waals surface area contributed by atoms with E-state index in [1.807, 2.05) is 29.7 Å². The maximum absolute atomic E-state index is 12.7. The third kappa shape index (κ3) is 1.72. The molecule has 2 fully saturated rings. The molecule has 4 heterocycles. The molecule has 110 valence electrons. The summed E-state index contributed by atoms with van der Waals surface area (Å²) in [4.78, 5) is 27.7. The SMILES string of the molecule is COC(=O)[C@@H]1[C@H]2C(=O)N(Cc3cccs3)C[C@]23C=C[C@H]1O3. The van der Waals surface area contributed by atoms with Crippen molar-refractivity contribution in [2.24, 2.45) is 11.8 Å². The Hall–Kier alpha value is -1.66. The third-order valence-corrected chi connectivity index (χ3v) is 5.44. The Labute approximate surface area is 126 Å². The molecule has 0 aromatic carbocycles. The van der Waals surface area contributed by atoms with Crippen molar-refractivity contribution in [3.8, 4) is 0 Å². The molecule has 1 amide bonds. The maximum Gasteiger partial charge on any atom is 0.312 e. The predicted molar refractivity (Wildman–Crippen MR) is 75.5 cm³/mol. The topological polar surface area (TPSA) is 55.8 Å². The Kier molecular flexibility index (Phi) is 2.74. The summed E-state index contributed by atoms with van der Waals surface area (Å²) in [5.41, 5.74) is -0.641. The number of esters is 1. The van der Waals surface area contributed by atoms with Gasteiger partial charge < -0.3 is 14.4 Å². The summed E-state index contributed by atoms with van der Waals surface area (Å²) in [5.74, 6) is -1.33. The molecule has 21 heavy (non-hydrogen) atoms. The number of nitrogens with zero attached hydrogens (tertiary/aromatic N) is 1. The molecule has 1 spiro atoms. The number of amides is 1. The summed E-state index contributed by atoms with van der Waals surface area (Å²) in [6, 6.07) is 3.98. The van der Waals surface area contributed by atoms with Crippen LogP contribution < -0.4 is 0 Å². The molecular weight excluding hydrogens is 290 g/mol. The first kappa shape index (κ1) is 13.0. The van der Waals surface area contributed by atoms with Crippen LogP contribution in [0.3, 0.4) is 0 Å². The highest BCUT2D eigenvalue weighted by Gasteiger charge is 2.67. The Bertz CT molecular complexity index is 626. The van der Waals surface area contributed by atoms with Crippen LogP contribution in [0.1, 0.15) is 4.88 Å². The van der Waals surface area contributed by atoms with E-state index in [1.165, 1.54) is 7.11 Å². The number of rotatable bonds is 3. The van der Waals surface area contributed by atoms with E-state index in [-0.39, 0.29) is 18.0 Å². The Balaban J connectivity index is 1.64. The third-order valence-electron chi connectivity index (χ3n) is 4.58. The van der Waals surface area contributed by atoms with Gasteiger partial charge in [0.15, 0.2) is 0 Å². The van der Waals surface area contributed by atoms with Crippen molar-refractivity contribution >= 4 is 23.2 Å². The van der Waals surface area contributed by atoms with E-state index in [2.05, 4.69) is 0 Å². The first-order valence-electron chi connectivity index (χ1n) is 6.91. The van der Waals surface area contributed by atoms with Crippen LogP contribution in [0.15, 0.2) is 29.7 Å². The second-order valence-corrected chi connectivity index (χ2v) is 6.73. The van der Waals surface area contributed by atoms with Crippen LogP contribution in [-0.2, 0) is 25.6 Å². The van der Waals surface area contributed by atoms with E-state index in [4.69, 9.17) is 9.47 Å². The number of hydrogen-bond acceptors (Lipinski definition) is 5. The van der Waals surface area contributed by atoms with Gasteiger partial charge in [-0.1, -0.05) is 18.2 Å². The van der Waals surface area contributed by atoms with E-state index in [0.29, 0.717) is 13.1 Å². The van der Waals surface area contributed by atoms with Gasteiger partial charge in [0.25, 0.3) is 0 Å². The largest absolute Gasteiger partial charge is 0.469 e. The van der Waals surface area contributed by atoms with Crippen molar-refractivity contribution in [1.29, 1.82) is 0 Å². The molecule has 3 aliphatic rings. The molecular formula is C15H15NO4S. The van der Waals surface area contributed by atoms with E-state index in [9.17, 15) is 9.59 Å². The lowest BCUT2D eigenvalue weighted by Gasteiger charge is -2.22. The summed E-state index contributed by atoms with van der Waals surface area (Å²) in [7, 11) is 1.35. The molecule has 0 N–H and O–H groups in total. The lowest BCUT2D eigenvalue weighted by molar-refractivity contribution is -0.151. The molecule has 2 saturated heterocycles. The molecule has 4 rings (SSSR count). The smallest absolute Gasteiger partial charge is 0.312 e. The van der Waals surface area contributed by atoms with Crippen LogP contribution in [0.2, 0.25) is 0 Å². The zero-order valence-electron chi connectivity index (χ0n) is 11.5. The van der Waals surface area contributed by atoms with E-state index < -0.39 is 17.4 Å². The number of carbonyl (C=O) groups is 2. The summed E-state index contributed by atoms with van der Waals surface area (Å²) in [6.07, 6.45) is 3.52. The van der Waals surface area contributed by atoms with Crippen LogP contribution in [0.4, 0.5) is 0 Å². The number of likely N-dealkylation sites (tertiary alicyclic amines) is 1. The Morgan fingerprint density at radius 3 is 3.19 bits per heavy atom. The lowest BCUT2D eigenvalue weighted by atomic mass is 9.77. The zero-order chi connectivity index (χ0) is 14.6. The number of carbonyl (C=O) groups excluding carboxylic acids is 2. The van der Waals surface area contributed by atoms with Crippen molar-refractivity contribution < 1.29 is 19.1 Å². The number of thiophene rings is 1. The van der Waals surface area contributed by atoms with Crippen LogP contribution in [0, 0.1) is 11.8 Å². The van der Waals surface area contributed by atoms with Gasteiger partial charge in [-0.05, 0) is 11.4 Å². The van der Waals surface area contributed by atoms with Gasteiger partial charge in [-0.2, -0.15) is 0 Å². The number of hydrogen-bond donors (Lipinski definition) is 0. The highest BCUT2D eigenvalue weighted by molar-refractivity contribution is 7.09. The molecule has 2 bridgehead atoms. The summed E-state index contributed by atoms with van der Waals surface area (Å²) < 4.78 is 10.8. The van der Waals surface area contributed by atoms with Crippen LogP contribution >= 0.6 is 11.3 Å². The number of ether oxygens (including phenoxy) is 2. The lowest BCUT2D eigenvalue weighted by Crippen LogP contribution is -2.39. The van der Waals surface area contributed by atoms with E-state index in [0.717, 1.165) is 4.88 Å². The van der Waals surface area contributed by atoms with E-state index in [1.54, 1.807) is 16.2 Å². The van der Waals surface area contributed by atoms with Gasteiger partial charge in [-0.25, -0.2) is 0 Å². The Morgan fingerprint density at radius 2 is 2.48 bits per heavy atom. The molecule has 1 aromatic rings. The minimum absolute atomic E-state index is 0.00866. The predicted octanol–water partition coefficient (Wildman–Crippen LogP) is 1.20. The molecule has 5 nitrogen and oxygen atoms in total. The summed E-state index contributed by atoms with van der Waals surface area (Å²) in [5, 5.41) is 1.99. The van der Waals surface area contributed by atoms with Crippen LogP contribution in [0.25, 0.3) is 0 Å². The van der Waals surface area contributed by atoms with Gasteiger partial charge in [-0.15, -0.1) is 11.3 Å². The first-order valence-corrected chi connectivity index (χ1v) is 7.79. The monoisotopic (exact) mass is 305 g/mol. The molecule has 1 aromatic heterocycles. The normalized spacial score (nSPS) is 36.3. The van der Waals surface area contributed by atoms with Crippen molar-refractivity contribution in [3.05, 3.63) is 34.5 Å². The van der Waals surface area contributed by atoms with Gasteiger partial charge in [-0.3, -0.25) is 9.59 Å². The van der Waals surface area contributed by atoms with E-state index >= 15 is 0 Å². The molecule has 0 radical (unpaired) electrons. The summed E-state index contributed by atoms with van der Waals surface area (Å²) >= 11 is 1.62. The van der Waals surface area contributed by atoms with Crippen molar-refractivity contribution in [2.75, 3.05) is 13.7 Å². The second kappa shape index (κ2) is 4.42. The van der Waals surface area contributed by atoms with Gasteiger partial charge in [0.2, 0.25) is 5.91 Å². The van der Waals surface area contributed by atoms with Crippen molar-refractivity contribution in [1.82, 2.24) is 4.90 Å². The minimum atomic E-state index is -0.641. The minimum Gasteiger partial charge on any atom is -0.469 e. The average Bonchev–Trinajstić information content (AvgIpc) is 3.22. The van der Waals surface area contributed by atoms with Crippen molar-refractivity contribution in [3.63, 3.8) is 0 Å². The van der Waals surface area contributed by atoms with Crippen molar-refractivity contribution in [2.45, 2.75) is 18.2 Å². The standard InChI is InChI=1S/C15H15NO4S/c1-19-14(18)11-10-4-5-15(20-10)8-16(13(17)12(11)15)7-9-3-2-6-21-9/h2-6,10-12H,7-8H2,1H3/t10-,11+,12+,15-/m1/s1. The molecule has 0 saturated carbocycles. The molecule has 0 aliphatic carbocycles. The average molecular weight is 305 g/mol. The molecule has 6 heteroatoms. The number of fused-ring (bicyclic) bond motifs is 1. The van der Waals surface area contributed by atoms with Crippen LogP contribution in [0.5, 0.6) is 0 Å². The van der Waals surface area contributed by atoms with Crippen LogP contribution in [-0.4, -0.2) is 42.1 Å². The number of methoxy groups -OCH3 is 1. The maximum atomic E-state index is 12.7.